The second kappa shape index (κ2) is 3.88. The van der Waals surface area contributed by atoms with Crippen molar-refractivity contribution in [3.05, 3.63) is 48.0 Å². The predicted molar refractivity (Wildman–Crippen MR) is 75.3 cm³/mol. The number of nitrogen functional groups attached to an aromatic ring is 1. The predicted octanol–water partition coefficient (Wildman–Crippen LogP) is 3.13. The highest BCUT2D eigenvalue weighted by Crippen LogP contribution is 2.27. The van der Waals surface area contributed by atoms with Gasteiger partial charge in [-0.3, -0.25) is 0 Å². The van der Waals surface area contributed by atoms with Crippen molar-refractivity contribution in [2.24, 2.45) is 7.05 Å². The third kappa shape index (κ3) is 1.56. The Kier molecular flexibility index (Phi) is 2.33. The molecule has 2 aromatic carbocycles. The van der Waals surface area contributed by atoms with Crippen LogP contribution in [0.3, 0.4) is 0 Å². The fourth-order valence-electron chi connectivity index (χ4n) is 2.32. The van der Waals surface area contributed by atoms with Gasteiger partial charge in [-0.05, 0) is 42.8 Å². The molecule has 1 aromatic heterocycles. The molecule has 0 aliphatic heterocycles. The van der Waals surface area contributed by atoms with E-state index in [4.69, 9.17) is 10.7 Å². The van der Waals surface area contributed by atoms with E-state index in [1.54, 1.807) is 0 Å². The fraction of sp³-hybridized carbons (Fsp3) is 0.133. The van der Waals surface area contributed by atoms with E-state index in [-0.39, 0.29) is 0 Å². The highest BCUT2D eigenvalue weighted by atomic mass is 15.1. The lowest BCUT2D eigenvalue weighted by molar-refractivity contribution is 0.957. The summed E-state index contributed by atoms with van der Waals surface area (Å²) in [7, 11) is 2.04. The Morgan fingerprint density at radius 2 is 1.89 bits per heavy atom. The van der Waals surface area contributed by atoms with E-state index in [9.17, 15) is 0 Å². The summed E-state index contributed by atoms with van der Waals surface area (Å²) in [6, 6.07) is 14.1. The van der Waals surface area contributed by atoms with Gasteiger partial charge in [0.15, 0.2) is 0 Å². The Balaban J connectivity index is 2.28. The minimum absolute atomic E-state index is 0.787. The fourth-order valence-corrected chi connectivity index (χ4v) is 2.32. The topological polar surface area (TPSA) is 43.8 Å². The summed E-state index contributed by atoms with van der Waals surface area (Å²) in [4.78, 5) is 4.70. The number of nitrogens with two attached hydrogens (primary N) is 1. The molecule has 3 nitrogen and oxygen atoms in total. The zero-order valence-electron chi connectivity index (χ0n) is 10.5. The average Bonchev–Trinajstić information content (AvgIpc) is 2.68. The summed E-state index contributed by atoms with van der Waals surface area (Å²) in [5.41, 5.74) is 11.0. The zero-order valence-corrected chi connectivity index (χ0v) is 10.5. The summed E-state index contributed by atoms with van der Waals surface area (Å²) in [6.45, 7) is 2.06. The summed E-state index contributed by atoms with van der Waals surface area (Å²) >= 11 is 0. The van der Waals surface area contributed by atoms with Crippen LogP contribution < -0.4 is 5.73 Å². The van der Waals surface area contributed by atoms with Crippen LogP contribution in [-0.4, -0.2) is 9.55 Å². The maximum Gasteiger partial charge on any atom is 0.141 e. The molecule has 18 heavy (non-hydrogen) atoms. The molecule has 0 aliphatic rings. The van der Waals surface area contributed by atoms with E-state index >= 15 is 0 Å². The van der Waals surface area contributed by atoms with Crippen LogP contribution in [0.2, 0.25) is 0 Å². The van der Waals surface area contributed by atoms with Crippen molar-refractivity contribution in [2.45, 2.75) is 6.92 Å². The summed E-state index contributed by atoms with van der Waals surface area (Å²) in [6.07, 6.45) is 0. The molecule has 0 aliphatic carbocycles. The number of benzene rings is 2. The summed E-state index contributed by atoms with van der Waals surface area (Å²) < 4.78 is 2.12. The van der Waals surface area contributed by atoms with Crippen LogP contribution in [0.1, 0.15) is 5.56 Å². The van der Waals surface area contributed by atoms with Gasteiger partial charge in [-0.15, -0.1) is 0 Å². The first-order valence-corrected chi connectivity index (χ1v) is 5.95. The Morgan fingerprint density at radius 1 is 1.11 bits per heavy atom. The van der Waals surface area contributed by atoms with Gasteiger partial charge in [0.1, 0.15) is 5.82 Å². The molecule has 0 atom stereocenters. The first-order valence-electron chi connectivity index (χ1n) is 5.95. The highest BCUT2D eigenvalue weighted by Gasteiger charge is 2.11. The second-order valence-corrected chi connectivity index (χ2v) is 4.56. The van der Waals surface area contributed by atoms with Gasteiger partial charge >= 0.3 is 0 Å². The molecule has 2 N–H and O–H groups in total. The van der Waals surface area contributed by atoms with Gasteiger partial charge in [0, 0.05) is 18.3 Å². The Morgan fingerprint density at radius 3 is 2.61 bits per heavy atom. The molecule has 1 heterocycles. The number of aromatic nitrogens is 2. The first-order chi connectivity index (χ1) is 8.66. The van der Waals surface area contributed by atoms with Gasteiger partial charge in [0.25, 0.3) is 0 Å². The number of rotatable bonds is 1. The minimum atomic E-state index is 0.787. The molecule has 0 bridgehead atoms. The molecule has 0 saturated carbocycles. The van der Waals surface area contributed by atoms with Gasteiger partial charge in [-0.25, -0.2) is 4.98 Å². The van der Waals surface area contributed by atoms with Crippen LogP contribution in [0.15, 0.2) is 42.5 Å². The number of nitrogens with zero attached hydrogens (tertiary/aromatic N) is 2. The maximum absolute atomic E-state index is 5.79. The van der Waals surface area contributed by atoms with E-state index < -0.39 is 0 Å². The molecule has 3 heteroatoms. The first kappa shape index (κ1) is 10.8. The Hall–Kier alpha value is -2.29. The Labute approximate surface area is 106 Å². The van der Waals surface area contributed by atoms with E-state index in [2.05, 4.69) is 17.6 Å². The SMILES string of the molecule is Cc1cc(N)ccc1-c1nc2ccccc2n1C. The van der Waals surface area contributed by atoms with E-state index in [0.717, 1.165) is 33.7 Å². The molecule has 3 rings (SSSR count). The lowest BCUT2D eigenvalue weighted by atomic mass is 10.1. The molecule has 0 unspecified atom stereocenters. The minimum Gasteiger partial charge on any atom is -0.399 e. The van der Waals surface area contributed by atoms with Crippen molar-refractivity contribution in [1.82, 2.24) is 9.55 Å². The second-order valence-electron chi connectivity index (χ2n) is 4.56. The molecule has 3 aromatic rings. The average molecular weight is 237 g/mol. The van der Waals surface area contributed by atoms with Crippen LogP contribution in [0.5, 0.6) is 0 Å². The van der Waals surface area contributed by atoms with Crippen LogP contribution in [-0.2, 0) is 7.05 Å². The van der Waals surface area contributed by atoms with Gasteiger partial charge < -0.3 is 10.3 Å². The molecule has 90 valence electrons. The van der Waals surface area contributed by atoms with Crippen LogP contribution in [0.4, 0.5) is 5.69 Å². The number of fused-ring (bicyclic) bond motifs is 1. The van der Waals surface area contributed by atoms with E-state index in [1.807, 2.05) is 43.4 Å². The summed E-state index contributed by atoms with van der Waals surface area (Å²) in [5.74, 6) is 0.980. The van der Waals surface area contributed by atoms with Crippen molar-refractivity contribution >= 4 is 16.7 Å². The number of anilines is 1. The van der Waals surface area contributed by atoms with Crippen molar-refractivity contribution in [3.63, 3.8) is 0 Å². The standard InChI is InChI=1S/C15H15N3/c1-10-9-11(16)7-8-12(10)15-17-13-5-3-4-6-14(13)18(15)2/h3-9H,16H2,1-2H3. The number of para-hydroxylation sites is 2. The van der Waals surface area contributed by atoms with E-state index in [0.29, 0.717) is 0 Å². The number of aryl methyl sites for hydroxylation is 2. The molecular weight excluding hydrogens is 222 g/mol. The Bertz CT molecular complexity index is 726. The lowest BCUT2D eigenvalue weighted by Gasteiger charge is -2.06. The normalized spacial score (nSPS) is 11.0. The number of imidazole rings is 1. The van der Waals surface area contributed by atoms with Crippen LogP contribution in [0.25, 0.3) is 22.4 Å². The largest absolute Gasteiger partial charge is 0.399 e. The molecule has 0 spiro atoms. The monoisotopic (exact) mass is 237 g/mol. The molecule has 0 fully saturated rings. The van der Waals surface area contributed by atoms with Crippen molar-refractivity contribution in [2.75, 3.05) is 5.73 Å². The van der Waals surface area contributed by atoms with E-state index in [1.165, 1.54) is 0 Å². The zero-order chi connectivity index (χ0) is 12.7. The number of hydrogen-bond acceptors (Lipinski definition) is 2. The third-order valence-corrected chi connectivity index (χ3v) is 3.28. The van der Waals surface area contributed by atoms with Crippen molar-refractivity contribution < 1.29 is 0 Å². The van der Waals surface area contributed by atoms with Gasteiger partial charge in [0.2, 0.25) is 0 Å². The summed E-state index contributed by atoms with van der Waals surface area (Å²) in [5, 5.41) is 0. The van der Waals surface area contributed by atoms with Crippen LogP contribution in [0, 0.1) is 6.92 Å². The highest BCUT2D eigenvalue weighted by molar-refractivity contribution is 5.81. The molecule has 0 amide bonds. The van der Waals surface area contributed by atoms with Gasteiger partial charge in [-0.1, -0.05) is 12.1 Å². The molecule has 0 radical (unpaired) electrons. The van der Waals surface area contributed by atoms with Crippen molar-refractivity contribution in [1.29, 1.82) is 0 Å². The maximum atomic E-state index is 5.79. The van der Waals surface area contributed by atoms with Crippen molar-refractivity contribution in [3.8, 4) is 11.4 Å². The molecular formula is C15H15N3. The smallest absolute Gasteiger partial charge is 0.141 e. The molecule has 0 saturated heterocycles. The van der Waals surface area contributed by atoms with Gasteiger partial charge in [0.05, 0.1) is 11.0 Å². The quantitative estimate of drug-likeness (QED) is 0.661. The van der Waals surface area contributed by atoms with Gasteiger partial charge in [-0.2, -0.15) is 0 Å². The van der Waals surface area contributed by atoms with Crippen LogP contribution >= 0.6 is 0 Å². The number of hydrogen-bond donors (Lipinski definition) is 1. The lowest BCUT2D eigenvalue weighted by Crippen LogP contribution is -1.95. The third-order valence-electron chi connectivity index (χ3n) is 3.28.